The highest BCUT2D eigenvalue weighted by Gasteiger charge is 2.09. The Morgan fingerprint density at radius 1 is 1.32 bits per heavy atom. The summed E-state index contributed by atoms with van der Waals surface area (Å²) in [5.41, 5.74) is 6.75. The monoisotopic (exact) mass is 298 g/mol. The van der Waals surface area contributed by atoms with Crippen molar-refractivity contribution in [3.05, 3.63) is 34.8 Å². The van der Waals surface area contributed by atoms with Gasteiger partial charge in [-0.25, -0.2) is 0 Å². The van der Waals surface area contributed by atoms with E-state index in [1.54, 1.807) is 24.3 Å². The molecule has 0 fully saturated rings. The van der Waals surface area contributed by atoms with Crippen molar-refractivity contribution in [3.8, 4) is 0 Å². The molecule has 0 aliphatic carbocycles. The quantitative estimate of drug-likeness (QED) is 0.851. The molecule has 0 saturated heterocycles. The number of amides is 1. The standard InChI is InChI=1S/C12H14N4OS.ClH/c1-2-3-10-15-16-12(18-10)14-11(17)8-4-6-9(13)7-5-8;/h4-7H,2-3,13H2,1H3,(H,14,16,17);1H. The summed E-state index contributed by atoms with van der Waals surface area (Å²) in [7, 11) is 0. The van der Waals surface area contributed by atoms with Crippen LogP contribution in [0.2, 0.25) is 0 Å². The number of nitrogens with two attached hydrogens (primary N) is 1. The van der Waals surface area contributed by atoms with E-state index in [0.717, 1.165) is 17.8 Å². The summed E-state index contributed by atoms with van der Waals surface area (Å²) in [6.45, 7) is 2.08. The summed E-state index contributed by atoms with van der Waals surface area (Å²) >= 11 is 1.40. The van der Waals surface area contributed by atoms with Gasteiger partial charge in [-0.3, -0.25) is 10.1 Å². The molecule has 2 aromatic rings. The number of nitrogens with zero attached hydrogens (tertiary/aromatic N) is 2. The summed E-state index contributed by atoms with van der Waals surface area (Å²) in [4.78, 5) is 11.9. The first kappa shape index (κ1) is 15.4. The molecule has 5 nitrogen and oxygen atoms in total. The van der Waals surface area contributed by atoms with Crippen LogP contribution in [0.25, 0.3) is 0 Å². The number of carbonyl (C=O) groups is 1. The first-order valence-corrected chi connectivity index (χ1v) is 6.50. The van der Waals surface area contributed by atoms with Crippen molar-refractivity contribution in [3.63, 3.8) is 0 Å². The lowest BCUT2D eigenvalue weighted by molar-refractivity contribution is 0.102. The Morgan fingerprint density at radius 2 is 2.00 bits per heavy atom. The van der Waals surface area contributed by atoms with Crippen LogP contribution in [0.1, 0.15) is 28.7 Å². The lowest BCUT2D eigenvalue weighted by Gasteiger charge is -2.01. The van der Waals surface area contributed by atoms with Crippen LogP contribution in [0.5, 0.6) is 0 Å². The zero-order valence-electron chi connectivity index (χ0n) is 10.4. The fourth-order valence-corrected chi connectivity index (χ4v) is 2.26. The summed E-state index contributed by atoms with van der Waals surface area (Å²) < 4.78 is 0. The lowest BCUT2D eigenvalue weighted by Crippen LogP contribution is -2.11. The smallest absolute Gasteiger partial charge is 0.257 e. The number of rotatable bonds is 4. The van der Waals surface area contributed by atoms with E-state index in [-0.39, 0.29) is 18.3 Å². The molecule has 102 valence electrons. The van der Waals surface area contributed by atoms with E-state index >= 15 is 0 Å². The molecule has 19 heavy (non-hydrogen) atoms. The number of hydrogen-bond acceptors (Lipinski definition) is 5. The molecule has 0 spiro atoms. The second-order valence-electron chi connectivity index (χ2n) is 3.83. The fourth-order valence-electron chi connectivity index (χ4n) is 1.42. The van der Waals surface area contributed by atoms with Gasteiger partial charge in [0.15, 0.2) is 0 Å². The number of halogens is 1. The summed E-state index contributed by atoms with van der Waals surface area (Å²) in [6.07, 6.45) is 1.90. The van der Waals surface area contributed by atoms with E-state index in [0.29, 0.717) is 16.4 Å². The van der Waals surface area contributed by atoms with Gasteiger partial charge >= 0.3 is 0 Å². The molecule has 0 aliphatic heterocycles. The average Bonchev–Trinajstić information content (AvgIpc) is 2.78. The van der Waals surface area contributed by atoms with E-state index in [4.69, 9.17) is 5.73 Å². The van der Waals surface area contributed by atoms with Crippen LogP contribution < -0.4 is 11.1 Å². The minimum atomic E-state index is -0.200. The van der Waals surface area contributed by atoms with Crippen LogP contribution >= 0.6 is 23.7 Å². The first-order valence-electron chi connectivity index (χ1n) is 5.68. The topological polar surface area (TPSA) is 80.9 Å². The van der Waals surface area contributed by atoms with Gasteiger partial charge in [0.2, 0.25) is 5.13 Å². The van der Waals surface area contributed by atoms with Crippen molar-refractivity contribution >= 4 is 40.5 Å². The van der Waals surface area contributed by atoms with Gasteiger partial charge < -0.3 is 5.73 Å². The molecule has 0 bridgehead atoms. The van der Waals surface area contributed by atoms with E-state index in [2.05, 4.69) is 22.4 Å². The molecule has 0 atom stereocenters. The van der Waals surface area contributed by atoms with Gasteiger partial charge in [0.1, 0.15) is 5.01 Å². The van der Waals surface area contributed by atoms with Gasteiger partial charge in [0.05, 0.1) is 0 Å². The van der Waals surface area contributed by atoms with Crippen molar-refractivity contribution in [2.45, 2.75) is 19.8 Å². The van der Waals surface area contributed by atoms with Crippen LogP contribution in [-0.2, 0) is 6.42 Å². The number of nitrogen functional groups attached to an aromatic ring is 1. The molecule has 1 aromatic carbocycles. The van der Waals surface area contributed by atoms with Crippen LogP contribution in [-0.4, -0.2) is 16.1 Å². The number of carbonyl (C=O) groups excluding carboxylic acids is 1. The van der Waals surface area contributed by atoms with Gasteiger partial charge in [-0.2, -0.15) is 0 Å². The third-order valence-electron chi connectivity index (χ3n) is 2.32. The van der Waals surface area contributed by atoms with Crippen molar-refractivity contribution in [1.82, 2.24) is 10.2 Å². The molecule has 1 amide bonds. The number of hydrogen-bond donors (Lipinski definition) is 2. The Bertz CT molecular complexity index is 541. The fraction of sp³-hybridized carbons (Fsp3) is 0.250. The lowest BCUT2D eigenvalue weighted by atomic mass is 10.2. The molecule has 1 aromatic heterocycles. The highest BCUT2D eigenvalue weighted by atomic mass is 35.5. The molecular weight excluding hydrogens is 284 g/mol. The third kappa shape index (κ3) is 4.18. The minimum Gasteiger partial charge on any atom is -0.399 e. The third-order valence-corrected chi connectivity index (χ3v) is 3.22. The zero-order chi connectivity index (χ0) is 13.0. The highest BCUT2D eigenvalue weighted by molar-refractivity contribution is 7.15. The van der Waals surface area contributed by atoms with Crippen molar-refractivity contribution < 1.29 is 4.79 Å². The normalized spacial score (nSPS) is 9.74. The Hall–Kier alpha value is -1.66. The number of aromatic nitrogens is 2. The summed E-state index contributed by atoms with van der Waals surface area (Å²) in [6, 6.07) is 6.74. The molecule has 0 aliphatic rings. The molecule has 2 rings (SSSR count). The van der Waals surface area contributed by atoms with E-state index in [1.807, 2.05) is 0 Å². The average molecular weight is 299 g/mol. The number of nitrogens with one attached hydrogen (secondary N) is 1. The predicted octanol–water partition coefficient (Wildman–Crippen LogP) is 2.75. The second-order valence-corrected chi connectivity index (χ2v) is 4.89. The molecular formula is C12H15ClN4OS. The van der Waals surface area contributed by atoms with Gasteiger partial charge in [-0.05, 0) is 30.7 Å². The number of aryl methyl sites for hydroxylation is 1. The van der Waals surface area contributed by atoms with Gasteiger partial charge in [-0.15, -0.1) is 22.6 Å². The molecule has 3 N–H and O–H groups in total. The van der Waals surface area contributed by atoms with Gasteiger partial charge in [-0.1, -0.05) is 18.3 Å². The number of benzene rings is 1. The Morgan fingerprint density at radius 3 is 2.63 bits per heavy atom. The van der Waals surface area contributed by atoms with Crippen LogP contribution in [0.4, 0.5) is 10.8 Å². The van der Waals surface area contributed by atoms with E-state index in [9.17, 15) is 4.79 Å². The predicted molar refractivity (Wildman–Crippen MR) is 80.0 cm³/mol. The Kier molecular flexibility index (Phi) is 5.72. The van der Waals surface area contributed by atoms with Gasteiger partial charge in [0.25, 0.3) is 5.91 Å². The summed E-state index contributed by atoms with van der Waals surface area (Å²) in [5, 5.41) is 12.1. The second kappa shape index (κ2) is 7.06. The maximum Gasteiger partial charge on any atom is 0.257 e. The van der Waals surface area contributed by atoms with Crippen LogP contribution in [0.15, 0.2) is 24.3 Å². The minimum absolute atomic E-state index is 0. The maximum absolute atomic E-state index is 11.9. The summed E-state index contributed by atoms with van der Waals surface area (Å²) in [5.74, 6) is -0.200. The molecule has 7 heteroatoms. The molecule has 0 unspecified atom stereocenters. The van der Waals surface area contributed by atoms with Crippen molar-refractivity contribution in [2.24, 2.45) is 0 Å². The molecule has 0 saturated carbocycles. The highest BCUT2D eigenvalue weighted by Crippen LogP contribution is 2.17. The number of anilines is 2. The Labute approximate surface area is 121 Å². The maximum atomic E-state index is 11.9. The van der Waals surface area contributed by atoms with Crippen molar-refractivity contribution in [1.29, 1.82) is 0 Å². The van der Waals surface area contributed by atoms with Crippen LogP contribution in [0, 0.1) is 0 Å². The van der Waals surface area contributed by atoms with Gasteiger partial charge in [0, 0.05) is 17.7 Å². The van der Waals surface area contributed by atoms with E-state index in [1.165, 1.54) is 11.3 Å². The van der Waals surface area contributed by atoms with Crippen LogP contribution in [0.3, 0.4) is 0 Å². The Balaban J connectivity index is 0.00000180. The largest absolute Gasteiger partial charge is 0.399 e. The zero-order valence-corrected chi connectivity index (χ0v) is 12.1. The van der Waals surface area contributed by atoms with E-state index < -0.39 is 0 Å². The SMILES string of the molecule is CCCc1nnc(NC(=O)c2ccc(N)cc2)s1.Cl. The van der Waals surface area contributed by atoms with Crippen molar-refractivity contribution in [2.75, 3.05) is 11.1 Å². The first-order chi connectivity index (χ1) is 8.69. The molecule has 0 radical (unpaired) electrons. The molecule has 1 heterocycles.